The van der Waals surface area contributed by atoms with Gasteiger partial charge >= 0.3 is 5.97 Å². The highest BCUT2D eigenvalue weighted by Crippen LogP contribution is 2.36. The van der Waals surface area contributed by atoms with Crippen molar-refractivity contribution in [3.8, 4) is 16.5 Å². The normalized spacial score (nSPS) is 10.4. The molecule has 2 N–H and O–H groups in total. The van der Waals surface area contributed by atoms with Gasteiger partial charge in [-0.2, -0.15) is 9.65 Å². The molecule has 3 rings (SSSR count). The second kappa shape index (κ2) is 8.25. The number of anilines is 1. The number of rotatable bonds is 6. The maximum Gasteiger partial charge on any atom is 0.335 e. The third kappa shape index (κ3) is 4.30. The van der Waals surface area contributed by atoms with E-state index in [4.69, 9.17) is 0 Å². The first-order valence-electron chi connectivity index (χ1n) is 8.10. The van der Waals surface area contributed by atoms with Crippen molar-refractivity contribution in [1.82, 2.24) is 0 Å². The van der Waals surface area contributed by atoms with Crippen molar-refractivity contribution in [3.63, 3.8) is 0 Å². The monoisotopic (exact) mass is 398 g/mol. The van der Waals surface area contributed by atoms with Gasteiger partial charge in [0.2, 0.25) is 0 Å². The van der Waals surface area contributed by atoms with Crippen LogP contribution in [0.3, 0.4) is 0 Å². The van der Waals surface area contributed by atoms with Gasteiger partial charge in [0.15, 0.2) is 5.13 Å². The highest BCUT2D eigenvalue weighted by molar-refractivity contribution is 8.00. The number of hydrogen-bond acceptors (Lipinski definition) is 5. The van der Waals surface area contributed by atoms with Crippen molar-refractivity contribution in [2.75, 3.05) is 4.72 Å². The zero-order valence-electron chi connectivity index (χ0n) is 14.3. The molecule has 27 heavy (non-hydrogen) atoms. The summed E-state index contributed by atoms with van der Waals surface area (Å²) in [4.78, 5) is 12.8. The summed E-state index contributed by atoms with van der Waals surface area (Å²) in [5.41, 5.74) is 3.15. The number of benzene rings is 2. The first-order chi connectivity index (χ1) is 13.0. The molecule has 0 aliphatic heterocycles. The van der Waals surface area contributed by atoms with E-state index in [0.717, 1.165) is 38.7 Å². The Balaban J connectivity index is 1.95. The fourth-order valence-electron chi connectivity index (χ4n) is 2.56. The molecule has 0 atom stereocenters. The average Bonchev–Trinajstić information content (AvgIpc) is 3.11. The van der Waals surface area contributed by atoms with Gasteiger partial charge in [0.1, 0.15) is 0 Å². The van der Waals surface area contributed by atoms with Gasteiger partial charge in [-0.1, -0.05) is 19.1 Å². The van der Waals surface area contributed by atoms with Gasteiger partial charge in [0, 0.05) is 15.3 Å². The summed E-state index contributed by atoms with van der Waals surface area (Å²) in [6.07, 6.45) is 0.755. The summed E-state index contributed by atoms with van der Waals surface area (Å²) in [6, 6.07) is 15.4. The Morgan fingerprint density at radius 3 is 2.70 bits per heavy atom. The quantitative estimate of drug-likeness (QED) is 0.513. The number of carboxylic acid groups (broad SMARTS) is 1. The van der Waals surface area contributed by atoms with Crippen LogP contribution in [0.15, 0.2) is 53.4 Å². The lowest BCUT2D eigenvalue weighted by atomic mass is 10.1. The number of halogens is 1. The molecule has 4 nitrogen and oxygen atoms in total. The first kappa shape index (κ1) is 19.0. The first-order valence-corrected chi connectivity index (χ1v) is 9.74. The van der Waals surface area contributed by atoms with Crippen LogP contribution in [-0.4, -0.2) is 11.1 Å². The van der Waals surface area contributed by atoms with Gasteiger partial charge in [0.25, 0.3) is 0 Å². The summed E-state index contributed by atoms with van der Waals surface area (Å²) in [6.45, 7) is 2.00. The zero-order chi connectivity index (χ0) is 19.4. The molecule has 0 fully saturated rings. The standard InChI is InChI=1S/C20H15FN2O2S2/c1-2-13-4-5-14(20(24)25)10-18(13)27-23-16-9-12(11-22)3-6-15(16)17-7-8-19(21)26-17/h3-10,23H,2H2,1H3,(H,24,25). The molecule has 3 aromatic rings. The number of carbonyl (C=O) groups is 1. The van der Waals surface area contributed by atoms with Crippen molar-refractivity contribution in [2.24, 2.45) is 0 Å². The zero-order valence-corrected chi connectivity index (χ0v) is 16.0. The third-order valence-electron chi connectivity index (χ3n) is 3.95. The van der Waals surface area contributed by atoms with Crippen molar-refractivity contribution in [2.45, 2.75) is 18.2 Å². The van der Waals surface area contributed by atoms with Gasteiger partial charge < -0.3 is 9.83 Å². The molecule has 0 aliphatic carbocycles. The number of aromatic carboxylic acids is 1. The number of nitrogens with zero attached hydrogens (tertiary/aromatic N) is 1. The summed E-state index contributed by atoms with van der Waals surface area (Å²) in [5, 5.41) is 18.1. The molecular formula is C20H15FN2O2S2. The average molecular weight is 398 g/mol. The molecule has 0 spiro atoms. The molecule has 0 saturated heterocycles. The molecule has 0 bridgehead atoms. The molecule has 0 unspecified atom stereocenters. The van der Waals surface area contributed by atoms with Crippen LogP contribution in [0.2, 0.25) is 0 Å². The van der Waals surface area contributed by atoms with Crippen molar-refractivity contribution in [3.05, 3.63) is 70.4 Å². The van der Waals surface area contributed by atoms with Crippen LogP contribution in [0, 0.1) is 16.5 Å². The summed E-state index contributed by atoms with van der Waals surface area (Å²) in [5.74, 6) is -0.985. The molecule has 7 heteroatoms. The molecule has 1 heterocycles. The van der Waals surface area contributed by atoms with E-state index in [1.807, 2.05) is 6.92 Å². The topological polar surface area (TPSA) is 73.1 Å². The third-order valence-corrected chi connectivity index (χ3v) is 5.78. The lowest BCUT2D eigenvalue weighted by Crippen LogP contribution is -1.99. The fraction of sp³-hybridized carbons (Fsp3) is 0.100. The maximum atomic E-state index is 13.4. The minimum atomic E-state index is -0.985. The van der Waals surface area contributed by atoms with E-state index in [1.165, 1.54) is 18.0 Å². The molecule has 0 aliphatic rings. The summed E-state index contributed by atoms with van der Waals surface area (Å²) >= 11 is 2.31. The van der Waals surface area contributed by atoms with Crippen LogP contribution >= 0.6 is 23.3 Å². The van der Waals surface area contributed by atoms with Crippen LogP contribution in [-0.2, 0) is 6.42 Å². The summed E-state index contributed by atoms with van der Waals surface area (Å²) < 4.78 is 16.7. The minimum absolute atomic E-state index is 0.211. The molecular weight excluding hydrogens is 383 g/mol. The molecule has 1 aromatic heterocycles. The Bertz CT molecular complexity index is 1040. The van der Waals surface area contributed by atoms with Crippen molar-refractivity contribution >= 4 is 34.9 Å². The predicted molar refractivity (Wildman–Crippen MR) is 107 cm³/mol. The van der Waals surface area contributed by atoms with Crippen molar-refractivity contribution in [1.29, 1.82) is 5.26 Å². The molecule has 0 radical (unpaired) electrons. The summed E-state index contributed by atoms with van der Waals surface area (Å²) in [7, 11) is 0. The molecule has 2 aromatic carbocycles. The van der Waals surface area contributed by atoms with E-state index in [9.17, 15) is 19.6 Å². The fourth-order valence-corrected chi connectivity index (χ4v) is 4.25. The Morgan fingerprint density at radius 1 is 1.26 bits per heavy atom. The minimum Gasteiger partial charge on any atom is -0.478 e. The number of nitrogens with one attached hydrogen (secondary N) is 1. The van der Waals surface area contributed by atoms with E-state index < -0.39 is 5.97 Å². The highest BCUT2D eigenvalue weighted by atomic mass is 32.2. The van der Waals surface area contributed by atoms with Gasteiger partial charge in [-0.15, -0.1) is 11.3 Å². The van der Waals surface area contributed by atoms with Crippen LogP contribution < -0.4 is 4.72 Å². The Kier molecular flexibility index (Phi) is 5.79. The number of thiophene rings is 1. The van der Waals surface area contributed by atoms with Crippen LogP contribution in [0.1, 0.15) is 28.4 Å². The lowest BCUT2D eigenvalue weighted by Gasteiger charge is -2.13. The van der Waals surface area contributed by atoms with E-state index >= 15 is 0 Å². The van der Waals surface area contributed by atoms with E-state index in [-0.39, 0.29) is 10.7 Å². The Hall–Kier alpha value is -2.82. The highest BCUT2D eigenvalue weighted by Gasteiger charge is 2.12. The van der Waals surface area contributed by atoms with Crippen LogP contribution in [0.25, 0.3) is 10.4 Å². The van der Waals surface area contributed by atoms with Crippen LogP contribution in [0.5, 0.6) is 0 Å². The maximum absolute atomic E-state index is 13.4. The number of aryl methyl sites for hydroxylation is 1. The molecule has 0 amide bonds. The number of carboxylic acids is 1. The second-order valence-corrected chi connectivity index (χ2v) is 7.54. The largest absolute Gasteiger partial charge is 0.478 e. The SMILES string of the molecule is CCc1ccc(C(=O)O)cc1SNc1cc(C#N)ccc1-c1ccc(F)s1. The second-order valence-electron chi connectivity index (χ2n) is 5.66. The number of nitriles is 1. The lowest BCUT2D eigenvalue weighted by molar-refractivity contribution is 0.0696. The van der Waals surface area contributed by atoms with Crippen LogP contribution in [0.4, 0.5) is 10.1 Å². The smallest absolute Gasteiger partial charge is 0.335 e. The van der Waals surface area contributed by atoms with E-state index in [2.05, 4.69) is 10.8 Å². The van der Waals surface area contributed by atoms with Gasteiger partial charge in [0.05, 0.1) is 22.9 Å². The molecule has 0 saturated carbocycles. The van der Waals surface area contributed by atoms with Gasteiger partial charge in [-0.05, 0) is 60.3 Å². The van der Waals surface area contributed by atoms with Gasteiger partial charge in [-0.25, -0.2) is 4.79 Å². The van der Waals surface area contributed by atoms with E-state index in [1.54, 1.807) is 42.5 Å². The van der Waals surface area contributed by atoms with Gasteiger partial charge in [-0.3, -0.25) is 0 Å². The number of hydrogen-bond donors (Lipinski definition) is 2. The Labute approximate surface area is 164 Å². The van der Waals surface area contributed by atoms with E-state index in [0.29, 0.717) is 11.3 Å². The predicted octanol–water partition coefficient (Wildman–Crippen LogP) is 5.81. The van der Waals surface area contributed by atoms with Crippen molar-refractivity contribution < 1.29 is 14.3 Å². The molecule has 136 valence electrons. The Morgan fingerprint density at radius 2 is 2.07 bits per heavy atom.